The van der Waals surface area contributed by atoms with Crippen molar-refractivity contribution in [2.24, 2.45) is 5.92 Å². The molecule has 8 heteroatoms. The van der Waals surface area contributed by atoms with Crippen LogP contribution in [-0.2, 0) is 6.54 Å². The maximum absolute atomic E-state index is 13.5. The van der Waals surface area contributed by atoms with E-state index in [9.17, 15) is 4.79 Å². The number of fused-ring (bicyclic) bond motifs is 5. The van der Waals surface area contributed by atoms with Crippen molar-refractivity contribution in [3.05, 3.63) is 59.1 Å². The molecule has 0 N–H and O–H groups in total. The molecule has 1 aliphatic rings. The van der Waals surface area contributed by atoms with Crippen molar-refractivity contribution in [1.29, 1.82) is 0 Å². The third-order valence-electron chi connectivity index (χ3n) is 5.79. The van der Waals surface area contributed by atoms with Crippen molar-refractivity contribution in [3.8, 4) is 17.2 Å². The van der Waals surface area contributed by atoms with E-state index in [0.717, 1.165) is 23.1 Å². The summed E-state index contributed by atoms with van der Waals surface area (Å²) in [5.41, 5.74) is 3.83. The highest BCUT2D eigenvalue weighted by atomic mass is 16.7. The van der Waals surface area contributed by atoms with Gasteiger partial charge in [-0.3, -0.25) is 13.9 Å². The van der Waals surface area contributed by atoms with Gasteiger partial charge >= 0.3 is 0 Å². The molecule has 4 heterocycles. The number of benzene rings is 2. The van der Waals surface area contributed by atoms with Crippen molar-refractivity contribution in [2.45, 2.75) is 26.8 Å². The number of rotatable bonds is 4. The number of aryl methyl sites for hydroxylation is 1. The lowest BCUT2D eigenvalue weighted by molar-refractivity contribution is 0.174. The zero-order valence-corrected chi connectivity index (χ0v) is 17.8. The maximum Gasteiger partial charge on any atom is 0.265 e. The van der Waals surface area contributed by atoms with Crippen LogP contribution in [0, 0.1) is 5.92 Å². The molecular formula is C24H21N5O3. The van der Waals surface area contributed by atoms with E-state index >= 15 is 0 Å². The van der Waals surface area contributed by atoms with Crippen LogP contribution in [0.3, 0.4) is 0 Å². The van der Waals surface area contributed by atoms with Crippen molar-refractivity contribution in [2.75, 3.05) is 6.79 Å². The van der Waals surface area contributed by atoms with Crippen LogP contribution < -0.4 is 15.0 Å². The topological polar surface area (TPSA) is 84.1 Å². The summed E-state index contributed by atoms with van der Waals surface area (Å²) in [6.07, 6.45) is 2.51. The Morgan fingerprint density at radius 1 is 1.00 bits per heavy atom. The minimum Gasteiger partial charge on any atom is -0.454 e. The molecule has 6 rings (SSSR count). The first-order valence-electron chi connectivity index (χ1n) is 10.7. The molecule has 3 aromatic heterocycles. The normalized spacial score (nSPS) is 13.1. The Hall–Kier alpha value is -3.94. The van der Waals surface area contributed by atoms with Crippen LogP contribution in [0.25, 0.3) is 38.9 Å². The molecule has 0 spiro atoms. The van der Waals surface area contributed by atoms with Crippen molar-refractivity contribution >= 4 is 33.2 Å². The predicted molar refractivity (Wildman–Crippen MR) is 122 cm³/mol. The Balaban J connectivity index is 1.69. The van der Waals surface area contributed by atoms with E-state index in [2.05, 4.69) is 13.8 Å². The number of aromatic nitrogens is 5. The summed E-state index contributed by atoms with van der Waals surface area (Å²) in [7, 11) is 0. The summed E-state index contributed by atoms with van der Waals surface area (Å²) in [6, 6.07) is 13.3. The molecule has 0 saturated heterocycles. The molecule has 5 aromatic rings. The third-order valence-corrected chi connectivity index (χ3v) is 5.79. The van der Waals surface area contributed by atoms with Gasteiger partial charge in [0.2, 0.25) is 6.79 Å². The van der Waals surface area contributed by atoms with Gasteiger partial charge in [-0.2, -0.15) is 0 Å². The van der Waals surface area contributed by atoms with Crippen LogP contribution in [0.1, 0.15) is 20.3 Å². The molecule has 0 bridgehead atoms. The molecule has 32 heavy (non-hydrogen) atoms. The Morgan fingerprint density at radius 2 is 1.78 bits per heavy atom. The predicted octanol–water partition coefficient (Wildman–Crippen LogP) is 4.06. The van der Waals surface area contributed by atoms with Gasteiger partial charge in [0.15, 0.2) is 22.8 Å². The molecule has 160 valence electrons. The van der Waals surface area contributed by atoms with E-state index in [1.807, 2.05) is 47.0 Å². The fraction of sp³-hybridized carbons (Fsp3) is 0.250. The summed E-state index contributed by atoms with van der Waals surface area (Å²) >= 11 is 0. The minimum absolute atomic E-state index is 0.107. The minimum atomic E-state index is -0.107. The Morgan fingerprint density at radius 3 is 2.59 bits per heavy atom. The van der Waals surface area contributed by atoms with Crippen molar-refractivity contribution < 1.29 is 9.47 Å². The quantitative estimate of drug-likeness (QED) is 0.430. The zero-order valence-electron chi connectivity index (χ0n) is 17.8. The molecule has 0 amide bonds. The van der Waals surface area contributed by atoms with Gasteiger partial charge in [0.1, 0.15) is 10.9 Å². The molecule has 0 fully saturated rings. The number of hydrogen-bond donors (Lipinski definition) is 0. The van der Waals surface area contributed by atoms with E-state index in [1.54, 1.807) is 10.9 Å². The Labute approximate surface area is 183 Å². The standard InChI is InChI=1S/C24H21N5O3/c1-14(2)9-10-28-12-25-22-20(24(28)30)21-23(27-17-6-4-3-5-16(17)26-21)29(22)15-7-8-18-19(11-15)32-13-31-18/h3-8,11-12,14H,9-10,13H2,1-2H3. The number of nitrogens with zero attached hydrogens (tertiary/aromatic N) is 5. The van der Waals surface area contributed by atoms with Crippen LogP contribution in [0.5, 0.6) is 11.5 Å². The van der Waals surface area contributed by atoms with Gasteiger partial charge in [0.05, 0.1) is 23.0 Å². The molecule has 8 nitrogen and oxygen atoms in total. The van der Waals surface area contributed by atoms with Gasteiger partial charge in [-0.25, -0.2) is 15.0 Å². The molecule has 0 unspecified atom stereocenters. The van der Waals surface area contributed by atoms with Crippen LogP contribution >= 0.6 is 0 Å². The van der Waals surface area contributed by atoms with E-state index in [-0.39, 0.29) is 12.4 Å². The highest BCUT2D eigenvalue weighted by Crippen LogP contribution is 2.36. The number of ether oxygens (including phenoxy) is 2. The summed E-state index contributed by atoms with van der Waals surface area (Å²) < 4.78 is 14.6. The lowest BCUT2D eigenvalue weighted by Crippen LogP contribution is -2.21. The second kappa shape index (κ2) is 7.05. The largest absolute Gasteiger partial charge is 0.454 e. The zero-order chi connectivity index (χ0) is 21.8. The first kappa shape index (κ1) is 18.8. The van der Waals surface area contributed by atoms with E-state index < -0.39 is 0 Å². The first-order chi connectivity index (χ1) is 15.6. The van der Waals surface area contributed by atoms with Crippen molar-refractivity contribution in [3.63, 3.8) is 0 Å². The lowest BCUT2D eigenvalue weighted by Gasteiger charge is -2.09. The van der Waals surface area contributed by atoms with Gasteiger partial charge in [-0.15, -0.1) is 0 Å². The molecule has 0 atom stereocenters. The monoisotopic (exact) mass is 427 g/mol. The van der Waals surface area contributed by atoms with Gasteiger partial charge < -0.3 is 9.47 Å². The molecule has 0 saturated carbocycles. The Bertz CT molecular complexity index is 1570. The van der Waals surface area contributed by atoms with Gasteiger partial charge in [0, 0.05) is 12.6 Å². The fourth-order valence-electron chi connectivity index (χ4n) is 4.10. The second-order valence-electron chi connectivity index (χ2n) is 8.38. The average Bonchev–Trinajstić information content (AvgIpc) is 3.38. The van der Waals surface area contributed by atoms with E-state index in [0.29, 0.717) is 46.2 Å². The summed E-state index contributed by atoms with van der Waals surface area (Å²) in [5, 5.41) is 0.474. The molecule has 0 radical (unpaired) electrons. The van der Waals surface area contributed by atoms with Gasteiger partial charge in [0.25, 0.3) is 5.56 Å². The van der Waals surface area contributed by atoms with Crippen LogP contribution in [0.15, 0.2) is 53.6 Å². The summed E-state index contributed by atoms with van der Waals surface area (Å²) in [6.45, 7) is 5.08. The summed E-state index contributed by atoms with van der Waals surface area (Å²) in [5.74, 6) is 1.82. The molecular weight excluding hydrogens is 406 g/mol. The van der Waals surface area contributed by atoms with Crippen LogP contribution in [0.4, 0.5) is 0 Å². The van der Waals surface area contributed by atoms with Crippen LogP contribution in [0.2, 0.25) is 0 Å². The first-order valence-corrected chi connectivity index (χ1v) is 10.7. The highest BCUT2D eigenvalue weighted by Gasteiger charge is 2.22. The van der Waals surface area contributed by atoms with Crippen molar-refractivity contribution in [1.82, 2.24) is 24.1 Å². The SMILES string of the molecule is CC(C)CCn1cnc2c(c1=O)c1nc3ccccc3nc1n2-c1ccc2c(c1)OCO2. The third kappa shape index (κ3) is 2.83. The van der Waals surface area contributed by atoms with Gasteiger partial charge in [-0.1, -0.05) is 26.0 Å². The number of hydrogen-bond acceptors (Lipinski definition) is 6. The molecule has 1 aliphatic heterocycles. The number of para-hydroxylation sites is 2. The van der Waals surface area contributed by atoms with Crippen LogP contribution in [-0.4, -0.2) is 30.9 Å². The second-order valence-corrected chi connectivity index (χ2v) is 8.38. The smallest absolute Gasteiger partial charge is 0.265 e. The van der Waals surface area contributed by atoms with E-state index in [4.69, 9.17) is 24.4 Å². The van der Waals surface area contributed by atoms with Gasteiger partial charge in [-0.05, 0) is 36.6 Å². The molecule has 0 aliphatic carbocycles. The maximum atomic E-state index is 13.5. The van der Waals surface area contributed by atoms with E-state index in [1.165, 1.54) is 0 Å². The summed E-state index contributed by atoms with van der Waals surface area (Å²) in [4.78, 5) is 27.9. The lowest BCUT2D eigenvalue weighted by atomic mass is 10.1. The molecule has 2 aromatic carbocycles. The average molecular weight is 427 g/mol. The Kier molecular flexibility index (Phi) is 4.14. The highest BCUT2D eigenvalue weighted by molar-refractivity contribution is 6.05. The fourth-order valence-corrected chi connectivity index (χ4v) is 4.10.